The minimum absolute atomic E-state index is 0.160. The Hall–Kier alpha value is -1.39. The van der Waals surface area contributed by atoms with Gasteiger partial charge in [-0.1, -0.05) is 18.2 Å². The summed E-state index contributed by atoms with van der Waals surface area (Å²) in [5.74, 6) is 0.968. The first-order valence-electron chi connectivity index (χ1n) is 10.5. The molecule has 2 fully saturated rings. The van der Waals surface area contributed by atoms with Crippen LogP contribution in [-0.4, -0.2) is 6.67 Å². The van der Waals surface area contributed by atoms with Gasteiger partial charge in [0.1, 0.15) is 5.82 Å². The number of hydrogen-bond acceptors (Lipinski definition) is 0. The Kier molecular flexibility index (Phi) is 7.16. The molecule has 3 rings (SSSR count). The van der Waals surface area contributed by atoms with Crippen molar-refractivity contribution in [3.05, 3.63) is 47.3 Å². The van der Waals surface area contributed by atoms with Gasteiger partial charge in [-0.05, 0) is 99.2 Å². The lowest BCUT2D eigenvalue weighted by Crippen LogP contribution is -2.25. The van der Waals surface area contributed by atoms with Crippen molar-refractivity contribution >= 4 is 0 Å². The highest BCUT2D eigenvalue weighted by atomic mass is 19.4. The second kappa shape index (κ2) is 9.41. The molecular weight excluding hydrogens is 371 g/mol. The summed E-state index contributed by atoms with van der Waals surface area (Å²) in [6.45, 7) is -0.294. The highest BCUT2D eigenvalue weighted by Crippen LogP contribution is 2.44. The zero-order valence-corrected chi connectivity index (χ0v) is 16.2. The summed E-state index contributed by atoms with van der Waals surface area (Å²) in [6.07, 6.45) is 8.72. The van der Waals surface area contributed by atoms with Crippen LogP contribution in [0.2, 0.25) is 0 Å². The smallest absolute Gasteiger partial charge is 0.251 e. The molecule has 0 radical (unpaired) electrons. The summed E-state index contributed by atoms with van der Waals surface area (Å²) in [5.41, 5.74) is -0.479. The number of allylic oxidation sites excluding steroid dienone is 2. The van der Waals surface area contributed by atoms with E-state index < -0.39 is 17.6 Å². The van der Waals surface area contributed by atoms with Crippen LogP contribution in [0, 0.1) is 23.6 Å². The van der Waals surface area contributed by atoms with E-state index in [1.807, 2.05) is 6.08 Å². The number of rotatable bonds is 5. The van der Waals surface area contributed by atoms with E-state index in [-0.39, 0.29) is 12.6 Å². The molecule has 0 unspecified atom stereocenters. The predicted molar refractivity (Wildman–Crippen MR) is 101 cm³/mol. The second-order valence-corrected chi connectivity index (χ2v) is 8.43. The van der Waals surface area contributed by atoms with Gasteiger partial charge in [0.05, 0.1) is 12.2 Å². The van der Waals surface area contributed by atoms with Crippen molar-refractivity contribution in [3.8, 4) is 0 Å². The van der Waals surface area contributed by atoms with Gasteiger partial charge in [-0.3, -0.25) is 4.39 Å². The summed E-state index contributed by atoms with van der Waals surface area (Å²) < 4.78 is 64.2. The lowest BCUT2D eigenvalue weighted by atomic mass is 9.68. The van der Waals surface area contributed by atoms with Crippen molar-refractivity contribution in [1.29, 1.82) is 0 Å². The van der Waals surface area contributed by atoms with Gasteiger partial charge in [-0.25, -0.2) is 4.39 Å². The molecule has 0 aliphatic heterocycles. The lowest BCUT2D eigenvalue weighted by Gasteiger charge is -2.37. The fourth-order valence-electron chi connectivity index (χ4n) is 5.10. The average molecular weight is 400 g/mol. The topological polar surface area (TPSA) is 0 Å². The Morgan fingerprint density at radius 2 is 1.50 bits per heavy atom. The van der Waals surface area contributed by atoms with Gasteiger partial charge in [-0.15, -0.1) is 0 Å². The minimum atomic E-state index is -4.64. The summed E-state index contributed by atoms with van der Waals surface area (Å²) in [6, 6.07) is 3.42. The Labute approximate surface area is 164 Å². The van der Waals surface area contributed by atoms with Gasteiger partial charge < -0.3 is 0 Å². The van der Waals surface area contributed by atoms with Crippen molar-refractivity contribution in [2.75, 3.05) is 6.67 Å². The first-order valence-corrected chi connectivity index (χ1v) is 10.5. The molecule has 0 heterocycles. The molecule has 1 aromatic rings. The molecule has 28 heavy (non-hydrogen) atoms. The maximum atomic E-state index is 13.9. The van der Waals surface area contributed by atoms with Crippen LogP contribution in [0.4, 0.5) is 22.0 Å². The Morgan fingerprint density at radius 1 is 0.893 bits per heavy atom. The van der Waals surface area contributed by atoms with Crippen LogP contribution >= 0.6 is 0 Å². The van der Waals surface area contributed by atoms with E-state index in [4.69, 9.17) is 0 Å². The molecular formula is C23H29F5. The molecule has 0 atom stereocenters. The van der Waals surface area contributed by atoms with Crippen molar-refractivity contribution < 1.29 is 22.0 Å². The molecule has 2 saturated carbocycles. The molecule has 2 aliphatic carbocycles. The maximum Gasteiger partial charge on any atom is 0.419 e. The van der Waals surface area contributed by atoms with E-state index in [0.717, 1.165) is 56.6 Å². The third kappa shape index (κ3) is 5.36. The fourth-order valence-corrected chi connectivity index (χ4v) is 5.10. The zero-order chi connectivity index (χ0) is 20.1. The fraction of sp³-hybridized carbons (Fsp3) is 0.652. The summed E-state index contributed by atoms with van der Waals surface area (Å²) >= 11 is 0. The molecule has 1 aromatic carbocycles. The predicted octanol–water partition coefficient (Wildman–Crippen LogP) is 7.84. The summed E-state index contributed by atoms with van der Waals surface area (Å²) in [7, 11) is 0. The molecule has 5 heteroatoms. The highest BCUT2D eigenvalue weighted by molar-refractivity contribution is 5.29. The number of hydrogen-bond donors (Lipinski definition) is 0. The van der Waals surface area contributed by atoms with Gasteiger partial charge in [0.25, 0.3) is 0 Å². The molecule has 0 nitrogen and oxygen atoms in total. The molecule has 0 saturated heterocycles. The van der Waals surface area contributed by atoms with Crippen molar-refractivity contribution in [2.24, 2.45) is 17.8 Å². The van der Waals surface area contributed by atoms with Gasteiger partial charge in [-0.2, -0.15) is 13.2 Å². The molecule has 0 bridgehead atoms. The van der Waals surface area contributed by atoms with Gasteiger partial charge in [0.15, 0.2) is 0 Å². The third-order valence-electron chi connectivity index (χ3n) is 6.71. The quantitative estimate of drug-likeness (QED) is 0.349. The maximum absolute atomic E-state index is 13.9. The second-order valence-electron chi connectivity index (χ2n) is 8.43. The van der Waals surface area contributed by atoms with E-state index in [1.165, 1.54) is 18.9 Å². The van der Waals surface area contributed by atoms with E-state index in [2.05, 4.69) is 6.08 Å². The number of benzene rings is 1. The van der Waals surface area contributed by atoms with Gasteiger partial charge >= 0.3 is 6.18 Å². The Balaban J connectivity index is 1.49. The molecule has 0 spiro atoms. The lowest BCUT2D eigenvalue weighted by molar-refractivity contribution is -0.140. The van der Waals surface area contributed by atoms with Crippen LogP contribution in [0.25, 0.3) is 0 Å². The van der Waals surface area contributed by atoms with Gasteiger partial charge in [0, 0.05) is 0 Å². The van der Waals surface area contributed by atoms with Crippen LogP contribution in [0.3, 0.4) is 0 Å². The first kappa shape index (κ1) is 21.3. The van der Waals surface area contributed by atoms with Crippen molar-refractivity contribution in [3.63, 3.8) is 0 Å². The largest absolute Gasteiger partial charge is 0.419 e. The van der Waals surface area contributed by atoms with Crippen LogP contribution in [0.15, 0.2) is 30.4 Å². The van der Waals surface area contributed by atoms with E-state index >= 15 is 0 Å². The SMILES string of the molecule is FCCC=CC1CCC(C2CCC(c3ccc(C(F)(F)F)c(F)c3)CC2)CC1. The van der Waals surface area contributed by atoms with E-state index in [1.54, 1.807) is 0 Å². The molecule has 156 valence electrons. The molecule has 0 amide bonds. The summed E-state index contributed by atoms with van der Waals surface area (Å²) in [5, 5.41) is 0. The van der Waals surface area contributed by atoms with Crippen LogP contribution in [0.5, 0.6) is 0 Å². The average Bonchev–Trinajstić information content (AvgIpc) is 2.68. The minimum Gasteiger partial charge on any atom is -0.251 e. The number of halogens is 5. The van der Waals surface area contributed by atoms with Crippen LogP contribution in [0.1, 0.15) is 74.8 Å². The molecule has 0 aromatic heterocycles. The Bertz CT molecular complexity index is 647. The van der Waals surface area contributed by atoms with Crippen molar-refractivity contribution in [1.82, 2.24) is 0 Å². The Morgan fingerprint density at radius 3 is 2.04 bits per heavy atom. The van der Waals surface area contributed by atoms with Crippen molar-refractivity contribution in [2.45, 2.75) is 69.9 Å². The normalized spacial score (nSPS) is 29.3. The van der Waals surface area contributed by atoms with E-state index in [0.29, 0.717) is 23.8 Å². The van der Waals surface area contributed by atoms with Crippen LogP contribution < -0.4 is 0 Å². The first-order chi connectivity index (χ1) is 13.4. The van der Waals surface area contributed by atoms with Gasteiger partial charge in [0.2, 0.25) is 0 Å². The third-order valence-corrected chi connectivity index (χ3v) is 6.71. The molecule has 2 aliphatic rings. The van der Waals surface area contributed by atoms with E-state index in [9.17, 15) is 22.0 Å². The highest BCUT2D eigenvalue weighted by Gasteiger charge is 2.35. The summed E-state index contributed by atoms with van der Waals surface area (Å²) in [4.78, 5) is 0. The standard InChI is InChI=1S/C23H29F5/c24-14-2-1-3-16-4-6-17(7-5-16)18-8-10-19(11-9-18)20-12-13-21(22(25)15-20)23(26,27)28/h1,3,12-13,15-19H,2,4-11,14H2. The number of alkyl halides is 4. The molecule has 0 N–H and O–H groups in total. The zero-order valence-electron chi connectivity index (χ0n) is 16.2. The van der Waals surface area contributed by atoms with Crippen LogP contribution in [-0.2, 0) is 6.18 Å². The monoisotopic (exact) mass is 400 g/mol.